The van der Waals surface area contributed by atoms with E-state index in [1.165, 1.54) is 12.1 Å². The van der Waals surface area contributed by atoms with Gasteiger partial charge in [0.1, 0.15) is 5.52 Å². The van der Waals surface area contributed by atoms with E-state index in [1.54, 1.807) is 43.3 Å². The lowest BCUT2D eigenvalue weighted by Gasteiger charge is -2.36. The number of rotatable bonds is 4. The molecule has 0 amide bonds. The molecule has 1 unspecified atom stereocenters. The van der Waals surface area contributed by atoms with Crippen LogP contribution in [0.25, 0.3) is 16.8 Å². The zero-order valence-electron chi connectivity index (χ0n) is 14.9. The SMILES string of the molecule is CC1NC(=S)N(S(=O)(=O)c2ccccc2)C(c2cccc3onnc23)=C1C(=O)O. The molecule has 4 rings (SSSR count). The Balaban J connectivity index is 2.07. The first-order chi connectivity index (χ1) is 13.8. The molecular formula is C18H14N4O5S2. The van der Waals surface area contributed by atoms with Gasteiger partial charge in [-0.1, -0.05) is 30.3 Å². The van der Waals surface area contributed by atoms with E-state index >= 15 is 0 Å². The summed E-state index contributed by atoms with van der Waals surface area (Å²) in [6, 6.07) is 11.6. The van der Waals surface area contributed by atoms with E-state index in [4.69, 9.17) is 16.7 Å². The predicted octanol–water partition coefficient (Wildman–Crippen LogP) is 1.99. The highest BCUT2D eigenvalue weighted by Gasteiger charge is 2.41. The normalized spacial score (nSPS) is 17.5. The van der Waals surface area contributed by atoms with Gasteiger partial charge in [0.15, 0.2) is 10.7 Å². The fraction of sp³-hybridized carbons (Fsp3) is 0.111. The third-order valence-corrected chi connectivity index (χ3v) is 6.59. The molecule has 11 heteroatoms. The van der Waals surface area contributed by atoms with Crippen molar-refractivity contribution in [2.75, 3.05) is 0 Å². The van der Waals surface area contributed by atoms with Crippen molar-refractivity contribution < 1.29 is 22.8 Å². The van der Waals surface area contributed by atoms with Gasteiger partial charge in [0, 0.05) is 10.8 Å². The Morgan fingerprint density at radius 3 is 2.62 bits per heavy atom. The molecule has 0 saturated heterocycles. The van der Waals surface area contributed by atoms with Crippen LogP contribution in [0, 0.1) is 0 Å². The van der Waals surface area contributed by atoms with Gasteiger partial charge in [-0.25, -0.2) is 17.5 Å². The molecule has 2 heterocycles. The Bertz CT molecular complexity index is 1270. The van der Waals surface area contributed by atoms with Crippen LogP contribution in [0.2, 0.25) is 0 Å². The van der Waals surface area contributed by atoms with Crippen LogP contribution < -0.4 is 5.32 Å². The molecular weight excluding hydrogens is 416 g/mol. The highest BCUT2D eigenvalue weighted by molar-refractivity contribution is 7.91. The molecule has 148 valence electrons. The minimum absolute atomic E-state index is 0.0357. The van der Waals surface area contributed by atoms with Crippen LogP contribution >= 0.6 is 12.2 Å². The van der Waals surface area contributed by atoms with Crippen molar-refractivity contribution in [3.63, 3.8) is 0 Å². The number of sulfonamides is 1. The summed E-state index contributed by atoms with van der Waals surface area (Å²) in [6.45, 7) is 1.59. The number of aliphatic carboxylic acids is 1. The van der Waals surface area contributed by atoms with Crippen LogP contribution in [0.15, 0.2) is 63.5 Å². The van der Waals surface area contributed by atoms with E-state index in [9.17, 15) is 18.3 Å². The molecule has 2 N–H and O–H groups in total. The predicted molar refractivity (Wildman–Crippen MR) is 107 cm³/mol. The van der Waals surface area contributed by atoms with Crippen LogP contribution in [0.4, 0.5) is 0 Å². The number of carboxylic acid groups (broad SMARTS) is 1. The monoisotopic (exact) mass is 430 g/mol. The molecule has 1 atom stereocenters. The summed E-state index contributed by atoms with van der Waals surface area (Å²) >= 11 is 5.32. The number of carboxylic acids is 1. The third kappa shape index (κ3) is 3.04. The van der Waals surface area contributed by atoms with Gasteiger partial charge in [-0.15, -0.1) is 5.10 Å². The smallest absolute Gasteiger partial charge is 0.335 e. The Morgan fingerprint density at radius 1 is 1.21 bits per heavy atom. The van der Waals surface area contributed by atoms with E-state index in [-0.39, 0.29) is 37.9 Å². The molecule has 1 aliphatic rings. The molecule has 29 heavy (non-hydrogen) atoms. The third-order valence-electron chi connectivity index (χ3n) is 4.46. The number of hydrogen-bond acceptors (Lipinski definition) is 7. The van der Waals surface area contributed by atoms with Crippen LogP contribution in [-0.2, 0) is 14.8 Å². The number of thiocarbonyl (C=S) groups is 1. The molecule has 0 bridgehead atoms. The lowest BCUT2D eigenvalue weighted by atomic mass is 9.98. The second-order valence-corrected chi connectivity index (χ2v) is 8.42. The van der Waals surface area contributed by atoms with Crippen molar-refractivity contribution in [2.24, 2.45) is 0 Å². The summed E-state index contributed by atoms with van der Waals surface area (Å²) in [5.74, 6) is -1.29. The van der Waals surface area contributed by atoms with Crippen molar-refractivity contribution in [1.29, 1.82) is 0 Å². The maximum Gasteiger partial charge on any atom is 0.335 e. The fourth-order valence-corrected chi connectivity index (χ4v) is 5.18. The number of fused-ring (bicyclic) bond motifs is 1. The van der Waals surface area contributed by atoms with Crippen molar-refractivity contribution >= 4 is 50.1 Å². The molecule has 0 fully saturated rings. The Hall–Kier alpha value is -3.31. The molecule has 0 aliphatic carbocycles. The number of nitrogens with one attached hydrogen (secondary N) is 1. The second kappa shape index (κ2) is 6.94. The summed E-state index contributed by atoms with van der Waals surface area (Å²) in [4.78, 5) is 12.1. The van der Waals surface area contributed by atoms with Gasteiger partial charge < -0.3 is 14.9 Å². The minimum atomic E-state index is -4.22. The molecule has 0 saturated carbocycles. The second-order valence-electron chi connectivity index (χ2n) is 6.25. The zero-order valence-corrected chi connectivity index (χ0v) is 16.6. The first-order valence-electron chi connectivity index (χ1n) is 8.42. The highest BCUT2D eigenvalue weighted by atomic mass is 32.2. The molecule has 2 aromatic carbocycles. The first kappa shape index (κ1) is 19.0. The van der Waals surface area contributed by atoms with Gasteiger partial charge in [0.25, 0.3) is 10.0 Å². The fourth-order valence-electron chi connectivity index (χ4n) is 3.20. The van der Waals surface area contributed by atoms with E-state index in [1.807, 2.05) is 0 Å². The standard InChI is InChI=1S/C18H14N4O5S2/c1-10-14(17(23)24)16(12-8-5-9-13-15(12)20-21-27-13)22(18(28)19-10)29(25,26)11-6-3-2-4-7-11/h2-10H,1H3,(H,19,28)(H,23,24). The maximum atomic E-state index is 13.4. The van der Waals surface area contributed by atoms with Crippen LogP contribution in [0.5, 0.6) is 0 Å². The Labute approximate surface area is 170 Å². The summed E-state index contributed by atoms with van der Waals surface area (Å²) in [5, 5.41) is 19.9. The van der Waals surface area contributed by atoms with Crippen LogP contribution in [0.3, 0.4) is 0 Å². The van der Waals surface area contributed by atoms with Gasteiger partial charge in [0.05, 0.1) is 22.2 Å². The maximum absolute atomic E-state index is 13.4. The van der Waals surface area contributed by atoms with Crippen molar-refractivity contribution in [2.45, 2.75) is 17.9 Å². The molecule has 0 radical (unpaired) electrons. The van der Waals surface area contributed by atoms with Crippen LogP contribution in [0.1, 0.15) is 12.5 Å². The highest BCUT2D eigenvalue weighted by Crippen LogP contribution is 2.36. The number of aromatic nitrogens is 2. The number of carbonyl (C=O) groups is 1. The Morgan fingerprint density at radius 2 is 1.93 bits per heavy atom. The molecule has 9 nitrogen and oxygen atoms in total. The topological polar surface area (TPSA) is 126 Å². The van der Waals surface area contributed by atoms with E-state index in [2.05, 4.69) is 15.7 Å². The summed E-state index contributed by atoms with van der Waals surface area (Å²) in [6.07, 6.45) is 0. The average Bonchev–Trinajstić information content (AvgIpc) is 3.16. The molecule has 0 spiro atoms. The summed E-state index contributed by atoms with van der Waals surface area (Å²) in [7, 11) is -4.22. The number of hydrogen-bond donors (Lipinski definition) is 2. The zero-order chi connectivity index (χ0) is 20.8. The molecule has 1 aromatic heterocycles. The summed E-state index contributed by atoms with van der Waals surface area (Å²) < 4.78 is 32.8. The molecule has 3 aromatic rings. The van der Waals surface area contributed by atoms with E-state index in [0.29, 0.717) is 0 Å². The van der Waals surface area contributed by atoms with Gasteiger partial charge in [-0.05, 0) is 37.3 Å². The summed E-state index contributed by atoms with van der Waals surface area (Å²) in [5.41, 5.74) is 0.476. The van der Waals surface area contributed by atoms with E-state index in [0.717, 1.165) is 4.31 Å². The van der Waals surface area contributed by atoms with Gasteiger partial charge in [-0.3, -0.25) is 0 Å². The van der Waals surface area contributed by atoms with Crippen LogP contribution in [-0.4, -0.2) is 45.3 Å². The van der Waals surface area contributed by atoms with E-state index < -0.39 is 22.0 Å². The minimum Gasteiger partial charge on any atom is -0.478 e. The van der Waals surface area contributed by atoms with Gasteiger partial charge in [0.2, 0.25) is 0 Å². The lowest BCUT2D eigenvalue weighted by Crippen LogP contribution is -2.52. The van der Waals surface area contributed by atoms with Crippen molar-refractivity contribution in [3.05, 3.63) is 59.7 Å². The van der Waals surface area contributed by atoms with Crippen molar-refractivity contribution in [1.82, 2.24) is 20.0 Å². The Kier molecular flexibility index (Phi) is 4.55. The average molecular weight is 430 g/mol. The lowest BCUT2D eigenvalue weighted by molar-refractivity contribution is -0.132. The quantitative estimate of drug-likeness (QED) is 0.598. The first-order valence-corrected chi connectivity index (χ1v) is 10.3. The van der Waals surface area contributed by atoms with Gasteiger partial charge in [-0.2, -0.15) is 0 Å². The molecule has 1 aliphatic heterocycles. The van der Waals surface area contributed by atoms with Gasteiger partial charge >= 0.3 is 5.97 Å². The number of benzene rings is 2. The van der Waals surface area contributed by atoms with Crippen molar-refractivity contribution in [3.8, 4) is 0 Å². The number of nitrogens with zero attached hydrogens (tertiary/aromatic N) is 3. The largest absolute Gasteiger partial charge is 0.478 e.